The zero-order chi connectivity index (χ0) is 13.0. The first-order valence-corrected chi connectivity index (χ1v) is 6.60. The van der Waals surface area contributed by atoms with E-state index in [4.69, 9.17) is 5.11 Å². The van der Waals surface area contributed by atoms with E-state index in [0.717, 1.165) is 31.2 Å². The van der Waals surface area contributed by atoms with Gasteiger partial charge in [-0.2, -0.15) is 0 Å². The lowest BCUT2D eigenvalue weighted by Crippen LogP contribution is -2.21. The number of rotatable bonds is 5. The van der Waals surface area contributed by atoms with E-state index in [1.54, 1.807) is 6.07 Å². The van der Waals surface area contributed by atoms with Crippen molar-refractivity contribution in [2.75, 3.05) is 13.1 Å². The van der Waals surface area contributed by atoms with Gasteiger partial charge < -0.3 is 5.11 Å². The third-order valence-electron chi connectivity index (χ3n) is 3.48. The van der Waals surface area contributed by atoms with Gasteiger partial charge in [0.25, 0.3) is 0 Å². The van der Waals surface area contributed by atoms with E-state index in [9.17, 15) is 4.79 Å². The van der Waals surface area contributed by atoms with Gasteiger partial charge in [-0.05, 0) is 37.4 Å². The molecular formula is C14H20N2O2. The van der Waals surface area contributed by atoms with Gasteiger partial charge in [-0.1, -0.05) is 19.4 Å². The maximum absolute atomic E-state index is 10.9. The highest BCUT2D eigenvalue weighted by atomic mass is 16.4. The van der Waals surface area contributed by atoms with Crippen LogP contribution >= 0.6 is 0 Å². The zero-order valence-corrected chi connectivity index (χ0v) is 10.8. The van der Waals surface area contributed by atoms with E-state index >= 15 is 0 Å². The molecular weight excluding hydrogens is 228 g/mol. The summed E-state index contributed by atoms with van der Waals surface area (Å²) in [7, 11) is 0. The summed E-state index contributed by atoms with van der Waals surface area (Å²) in [5.41, 5.74) is 0.990. The van der Waals surface area contributed by atoms with Gasteiger partial charge in [-0.25, -0.2) is 9.78 Å². The van der Waals surface area contributed by atoms with Crippen molar-refractivity contribution in [1.82, 2.24) is 9.88 Å². The third-order valence-corrected chi connectivity index (χ3v) is 3.48. The van der Waals surface area contributed by atoms with Gasteiger partial charge in [0.05, 0.1) is 5.69 Å². The van der Waals surface area contributed by atoms with Crippen molar-refractivity contribution in [3.05, 3.63) is 29.6 Å². The Labute approximate surface area is 108 Å². The van der Waals surface area contributed by atoms with Crippen LogP contribution in [0.5, 0.6) is 0 Å². The SMILES string of the molecule is CCCC1CCN(Cc2cccc(C(=O)O)n2)C1. The number of nitrogens with zero attached hydrogens (tertiary/aromatic N) is 2. The quantitative estimate of drug-likeness (QED) is 0.869. The molecule has 18 heavy (non-hydrogen) atoms. The number of hydrogen-bond donors (Lipinski definition) is 1. The molecule has 1 aromatic heterocycles. The summed E-state index contributed by atoms with van der Waals surface area (Å²) in [4.78, 5) is 17.4. The van der Waals surface area contributed by atoms with Crippen LogP contribution < -0.4 is 0 Å². The number of aromatic carboxylic acids is 1. The first-order valence-electron chi connectivity index (χ1n) is 6.60. The minimum Gasteiger partial charge on any atom is -0.477 e. The van der Waals surface area contributed by atoms with Crippen molar-refractivity contribution in [2.45, 2.75) is 32.7 Å². The van der Waals surface area contributed by atoms with Gasteiger partial charge in [-0.15, -0.1) is 0 Å². The second-order valence-corrected chi connectivity index (χ2v) is 5.00. The molecule has 0 radical (unpaired) electrons. The van der Waals surface area contributed by atoms with E-state index in [-0.39, 0.29) is 5.69 Å². The normalized spacial score (nSPS) is 20.2. The molecule has 1 atom stereocenters. The van der Waals surface area contributed by atoms with Crippen LogP contribution in [0.25, 0.3) is 0 Å². The lowest BCUT2D eigenvalue weighted by atomic mass is 10.0. The Bertz CT molecular complexity index is 420. The van der Waals surface area contributed by atoms with Crippen molar-refractivity contribution in [2.24, 2.45) is 5.92 Å². The van der Waals surface area contributed by atoms with Gasteiger partial charge in [0, 0.05) is 13.1 Å². The van der Waals surface area contributed by atoms with Crippen LogP contribution in [0.2, 0.25) is 0 Å². The number of aromatic nitrogens is 1. The Morgan fingerprint density at radius 1 is 1.56 bits per heavy atom. The van der Waals surface area contributed by atoms with Crippen molar-refractivity contribution in [3.63, 3.8) is 0 Å². The molecule has 0 bridgehead atoms. The molecule has 1 saturated heterocycles. The van der Waals surface area contributed by atoms with Gasteiger partial charge >= 0.3 is 5.97 Å². The highest BCUT2D eigenvalue weighted by molar-refractivity contribution is 5.85. The molecule has 0 amide bonds. The molecule has 4 heteroatoms. The Morgan fingerprint density at radius 2 is 2.39 bits per heavy atom. The predicted molar refractivity (Wildman–Crippen MR) is 69.5 cm³/mol. The fourth-order valence-electron chi connectivity index (χ4n) is 2.62. The standard InChI is InChI=1S/C14H20N2O2/c1-2-4-11-7-8-16(9-11)10-12-5-3-6-13(15-12)14(17)18/h3,5-6,11H,2,4,7-10H2,1H3,(H,17,18). The molecule has 1 unspecified atom stereocenters. The topological polar surface area (TPSA) is 53.4 Å². The van der Waals surface area contributed by atoms with E-state index in [1.165, 1.54) is 25.3 Å². The lowest BCUT2D eigenvalue weighted by molar-refractivity contribution is 0.0690. The van der Waals surface area contributed by atoms with Crippen molar-refractivity contribution < 1.29 is 9.90 Å². The van der Waals surface area contributed by atoms with Crippen molar-refractivity contribution in [3.8, 4) is 0 Å². The molecule has 2 rings (SSSR count). The number of likely N-dealkylation sites (tertiary alicyclic amines) is 1. The van der Waals surface area contributed by atoms with Gasteiger partial charge in [-0.3, -0.25) is 4.90 Å². The van der Waals surface area contributed by atoms with E-state index in [0.29, 0.717) is 0 Å². The lowest BCUT2D eigenvalue weighted by Gasteiger charge is -2.15. The Hall–Kier alpha value is -1.42. The minimum absolute atomic E-state index is 0.136. The molecule has 0 aliphatic carbocycles. The van der Waals surface area contributed by atoms with E-state index in [1.807, 2.05) is 6.07 Å². The second kappa shape index (κ2) is 5.96. The maximum atomic E-state index is 10.9. The van der Waals surface area contributed by atoms with E-state index < -0.39 is 5.97 Å². The summed E-state index contributed by atoms with van der Waals surface area (Å²) >= 11 is 0. The molecule has 1 aromatic rings. The Kier molecular flexibility index (Phi) is 4.31. The van der Waals surface area contributed by atoms with Crippen LogP contribution in [-0.4, -0.2) is 34.0 Å². The summed E-state index contributed by atoms with van der Waals surface area (Å²) in [6.07, 6.45) is 3.79. The highest BCUT2D eigenvalue weighted by Gasteiger charge is 2.22. The Morgan fingerprint density at radius 3 is 3.11 bits per heavy atom. The molecule has 98 valence electrons. The van der Waals surface area contributed by atoms with Crippen molar-refractivity contribution in [1.29, 1.82) is 0 Å². The summed E-state index contributed by atoms with van der Waals surface area (Å²) in [6, 6.07) is 5.21. The first-order chi connectivity index (χ1) is 8.69. The average molecular weight is 248 g/mol. The molecule has 1 fully saturated rings. The summed E-state index contributed by atoms with van der Waals surface area (Å²) in [5.74, 6) is -0.153. The van der Waals surface area contributed by atoms with Crippen LogP contribution in [0.4, 0.5) is 0 Å². The molecule has 1 aliphatic heterocycles. The van der Waals surface area contributed by atoms with Crippen LogP contribution in [0.3, 0.4) is 0 Å². The molecule has 0 aromatic carbocycles. The van der Waals surface area contributed by atoms with Gasteiger partial charge in [0.1, 0.15) is 5.69 Å². The number of hydrogen-bond acceptors (Lipinski definition) is 3. The largest absolute Gasteiger partial charge is 0.477 e. The number of pyridine rings is 1. The minimum atomic E-state index is -0.956. The molecule has 0 saturated carbocycles. The maximum Gasteiger partial charge on any atom is 0.354 e. The van der Waals surface area contributed by atoms with Crippen LogP contribution in [0.15, 0.2) is 18.2 Å². The number of carbonyl (C=O) groups is 1. The summed E-state index contributed by atoms with van der Waals surface area (Å²) in [6.45, 7) is 5.21. The molecule has 4 nitrogen and oxygen atoms in total. The second-order valence-electron chi connectivity index (χ2n) is 5.00. The predicted octanol–water partition coefficient (Wildman–Crippen LogP) is 2.40. The van der Waals surface area contributed by atoms with Crippen LogP contribution in [0.1, 0.15) is 42.4 Å². The summed E-state index contributed by atoms with van der Waals surface area (Å²) in [5, 5.41) is 8.91. The van der Waals surface area contributed by atoms with Crippen LogP contribution in [0, 0.1) is 5.92 Å². The first kappa shape index (κ1) is 13.0. The highest BCUT2D eigenvalue weighted by Crippen LogP contribution is 2.22. The molecule has 2 heterocycles. The molecule has 0 spiro atoms. The van der Waals surface area contributed by atoms with Crippen molar-refractivity contribution >= 4 is 5.97 Å². The monoisotopic (exact) mass is 248 g/mol. The molecule has 1 aliphatic rings. The third kappa shape index (κ3) is 3.29. The average Bonchev–Trinajstić information content (AvgIpc) is 2.77. The van der Waals surface area contributed by atoms with Crippen LogP contribution in [-0.2, 0) is 6.54 Å². The fourth-order valence-corrected chi connectivity index (χ4v) is 2.62. The Balaban J connectivity index is 1.94. The summed E-state index contributed by atoms with van der Waals surface area (Å²) < 4.78 is 0. The number of carboxylic acid groups (broad SMARTS) is 1. The zero-order valence-electron chi connectivity index (χ0n) is 10.8. The molecule has 1 N–H and O–H groups in total. The van der Waals surface area contributed by atoms with E-state index in [2.05, 4.69) is 16.8 Å². The fraction of sp³-hybridized carbons (Fsp3) is 0.571. The van der Waals surface area contributed by atoms with Gasteiger partial charge in [0.2, 0.25) is 0 Å². The number of carboxylic acids is 1. The van der Waals surface area contributed by atoms with Gasteiger partial charge in [0.15, 0.2) is 0 Å². The smallest absolute Gasteiger partial charge is 0.354 e.